The van der Waals surface area contributed by atoms with Crippen LogP contribution in [0.2, 0.25) is 10.0 Å². The van der Waals surface area contributed by atoms with E-state index in [0.717, 1.165) is 31.2 Å². The molecule has 1 unspecified atom stereocenters. The van der Waals surface area contributed by atoms with E-state index in [-0.39, 0.29) is 30.3 Å². The lowest BCUT2D eigenvalue weighted by Gasteiger charge is -2.28. The monoisotopic (exact) mass is 409 g/mol. The van der Waals surface area contributed by atoms with Crippen LogP contribution >= 0.6 is 23.2 Å². The number of nitrogens with one attached hydrogen (secondary N) is 1. The van der Waals surface area contributed by atoms with Gasteiger partial charge in [-0.05, 0) is 50.3 Å². The Balaban J connectivity index is 1.84. The van der Waals surface area contributed by atoms with Crippen LogP contribution in [0.15, 0.2) is 29.5 Å². The maximum absolute atomic E-state index is 13.0. The van der Waals surface area contributed by atoms with Gasteiger partial charge in [-0.15, -0.1) is 0 Å². The van der Waals surface area contributed by atoms with Crippen LogP contribution in [0.4, 0.5) is 0 Å². The van der Waals surface area contributed by atoms with Gasteiger partial charge < -0.3 is 10.1 Å². The van der Waals surface area contributed by atoms with Crippen molar-refractivity contribution in [3.63, 3.8) is 0 Å². The summed E-state index contributed by atoms with van der Waals surface area (Å²) >= 11 is 12.2. The number of esters is 1. The predicted octanol–water partition coefficient (Wildman–Crippen LogP) is 5.53. The van der Waals surface area contributed by atoms with E-state index in [1.165, 1.54) is 19.3 Å². The quantitative estimate of drug-likeness (QED) is 0.667. The van der Waals surface area contributed by atoms with Crippen LogP contribution in [0, 0.1) is 0 Å². The van der Waals surface area contributed by atoms with E-state index in [1.807, 2.05) is 6.07 Å². The Labute approximate surface area is 170 Å². The minimum Gasteiger partial charge on any atom is -0.459 e. The van der Waals surface area contributed by atoms with Crippen LogP contribution in [0.3, 0.4) is 0 Å². The van der Waals surface area contributed by atoms with Crippen molar-refractivity contribution in [2.45, 2.75) is 70.3 Å². The molecule has 0 aromatic heterocycles. The predicted molar refractivity (Wildman–Crippen MR) is 107 cm³/mol. The highest BCUT2D eigenvalue weighted by atomic mass is 35.5. The number of hydrogen-bond acceptors (Lipinski definition) is 3. The van der Waals surface area contributed by atoms with Crippen molar-refractivity contribution in [2.24, 2.45) is 0 Å². The van der Waals surface area contributed by atoms with Gasteiger partial charge in [0.2, 0.25) is 5.91 Å². The normalized spacial score (nSPS) is 22.0. The molecule has 27 heavy (non-hydrogen) atoms. The van der Waals surface area contributed by atoms with Crippen LogP contribution in [0.1, 0.15) is 69.8 Å². The molecule has 1 saturated carbocycles. The third kappa shape index (κ3) is 5.05. The minimum absolute atomic E-state index is 0.0508. The molecule has 0 radical (unpaired) electrons. The lowest BCUT2D eigenvalue weighted by Crippen LogP contribution is -2.35. The highest BCUT2D eigenvalue weighted by Gasteiger charge is 2.34. The van der Waals surface area contributed by atoms with Crippen molar-refractivity contribution < 1.29 is 14.3 Å². The average molecular weight is 410 g/mol. The summed E-state index contributed by atoms with van der Waals surface area (Å²) in [6, 6.07) is 5.23. The molecule has 1 amide bonds. The number of carbonyl (C=O) groups is 2. The topological polar surface area (TPSA) is 55.4 Å². The molecule has 1 N–H and O–H groups in total. The van der Waals surface area contributed by atoms with Crippen molar-refractivity contribution in [3.8, 4) is 0 Å². The SMILES string of the molecule is CC1=C(C(=O)OC2CCCCCCC2)C(c2ccc(Cl)c(Cl)c2)CC(=O)N1. The van der Waals surface area contributed by atoms with E-state index < -0.39 is 0 Å². The molecule has 1 heterocycles. The molecule has 3 rings (SSSR count). The van der Waals surface area contributed by atoms with Crippen molar-refractivity contribution in [1.29, 1.82) is 0 Å². The van der Waals surface area contributed by atoms with E-state index in [2.05, 4.69) is 5.32 Å². The van der Waals surface area contributed by atoms with Crippen molar-refractivity contribution >= 4 is 35.1 Å². The molecule has 1 aliphatic carbocycles. The summed E-state index contributed by atoms with van der Waals surface area (Å²) in [7, 11) is 0. The molecule has 1 aromatic carbocycles. The van der Waals surface area contributed by atoms with Gasteiger partial charge in [-0.25, -0.2) is 4.79 Å². The van der Waals surface area contributed by atoms with E-state index in [1.54, 1.807) is 19.1 Å². The van der Waals surface area contributed by atoms with E-state index in [0.29, 0.717) is 21.3 Å². The number of amides is 1. The number of rotatable bonds is 3. The fourth-order valence-corrected chi connectivity index (χ4v) is 4.24. The maximum Gasteiger partial charge on any atom is 0.336 e. The summed E-state index contributed by atoms with van der Waals surface area (Å²) in [6.07, 6.45) is 7.76. The lowest BCUT2D eigenvalue weighted by molar-refractivity contribution is -0.145. The van der Waals surface area contributed by atoms with Crippen LogP contribution < -0.4 is 5.32 Å². The molecule has 1 aliphatic heterocycles. The summed E-state index contributed by atoms with van der Waals surface area (Å²) in [5.41, 5.74) is 1.86. The van der Waals surface area contributed by atoms with Gasteiger partial charge in [0, 0.05) is 18.0 Å². The van der Waals surface area contributed by atoms with Gasteiger partial charge in [-0.3, -0.25) is 4.79 Å². The Morgan fingerprint density at radius 2 is 1.74 bits per heavy atom. The van der Waals surface area contributed by atoms with E-state index in [4.69, 9.17) is 27.9 Å². The van der Waals surface area contributed by atoms with Crippen molar-refractivity contribution in [2.75, 3.05) is 0 Å². The molecule has 0 bridgehead atoms. The molecule has 1 atom stereocenters. The minimum atomic E-state index is -0.380. The Morgan fingerprint density at radius 3 is 2.41 bits per heavy atom. The summed E-state index contributed by atoms with van der Waals surface area (Å²) in [5, 5.41) is 3.63. The zero-order chi connectivity index (χ0) is 19.4. The average Bonchev–Trinajstić information content (AvgIpc) is 2.58. The van der Waals surface area contributed by atoms with Gasteiger partial charge in [0.05, 0.1) is 15.6 Å². The smallest absolute Gasteiger partial charge is 0.336 e. The largest absolute Gasteiger partial charge is 0.459 e. The summed E-state index contributed by atoms with van der Waals surface area (Å²) < 4.78 is 5.87. The fraction of sp³-hybridized carbons (Fsp3) is 0.524. The number of allylic oxidation sites excluding steroid dienone is 1. The number of carbonyl (C=O) groups excluding carboxylic acids is 2. The molecule has 0 saturated heterocycles. The molecule has 2 aliphatic rings. The van der Waals surface area contributed by atoms with Crippen molar-refractivity contribution in [3.05, 3.63) is 45.1 Å². The summed E-state index contributed by atoms with van der Waals surface area (Å²) in [5.74, 6) is -0.838. The molecular formula is C21H25Cl2NO3. The molecule has 146 valence electrons. The second-order valence-electron chi connectivity index (χ2n) is 7.39. The third-order valence-corrected chi connectivity index (χ3v) is 6.10. The Bertz CT molecular complexity index is 752. The Kier molecular flexibility index (Phi) is 6.83. The van der Waals surface area contributed by atoms with E-state index >= 15 is 0 Å². The Morgan fingerprint density at radius 1 is 1.07 bits per heavy atom. The first kappa shape index (κ1) is 20.2. The number of halogens is 2. The van der Waals surface area contributed by atoms with Gasteiger partial charge in [-0.1, -0.05) is 48.5 Å². The van der Waals surface area contributed by atoms with Gasteiger partial charge in [0.25, 0.3) is 0 Å². The molecule has 4 nitrogen and oxygen atoms in total. The molecule has 1 aromatic rings. The number of ether oxygens (including phenoxy) is 1. The highest BCUT2D eigenvalue weighted by molar-refractivity contribution is 6.42. The first-order chi connectivity index (χ1) is 13.0. The zero-order valence-corrected chi connectivity index (χ0v) is 17.0. The molecule has 6 heteroatoms. The van der Waals surface area contributed by atoms with Crippen LogP contribution in [-0.2, 0) is 14.3 Å². The number of benzene rings is 1. The standard InChI is InChI=1S/C21H25Cl2NO3/c1-13-20(21(26)27-15-7-5-3-2-4-6-8-15)16(12-19(25)24-13)14-9-10-17(22)18(23)11-14/h9-11,15-16H,2-8,12H2,1H3,(H,24,25). The van der Waals surface area contributed by atoms with Crippen molar-refractivity contribution in [1.82, 2.24) is 5.32 Å². The molecule has 0 spiro atoms. The lowest BCUT2D eigenvalue weighted by atomic mass is 9.84. The van der Waals surface area contributed by atoms with Crippen LogP contribution in [0.5, 0.6) is 0 Å². The summed E-state index contributed by atoms with van der Waals surface area (Å²) in [6.45, 7) is 1.75. The molecular weight excluding hydrogens is 385 g/mol. The van der Waals surface area contributed by atoms with Crippen LogP contribution in [-0.4, -0.2) is 18.0 Å². The van der Waals surface area contributed by atoms with Gasteiger partial charge in [0.1, 0.15) is 6.10 Å². The first-order valence-electron chi connectivity index (χ1n) is 9.62. The highest BCUT2D eigenvalue weighted by Crippen LogP contribution is 2.36. The second-order valence-corrected chi connectivity index (χ2v) is 8.20. The van der Waals surface area contributed by atoms with E-state index in [9.17, 15) is 9.59 Å². The zero-order valence-electron chi connectivity index (χ0n) is 15.5. The summed E-state index contributed by atoms with van der Waals surface area (Å²) in [4.78, 5) is 25.1. The van der Waals surface area contributed by atoms with Crippen LogP contribution in [0.25, 0.3) is 0 Å². The first-order valence-corrected chi connectivity index (χ1v) is 10.4. The Hall–Kier alpha value is -1.52. The third-order valence-electron chi connectivity index (χ3n) is 5.36. The van der Waals surface area contributed by atoms with Gasteiger partial charge in [-0.2, -0.15) is 0 Å². The fourth-order valence-electron chi connectivity index (χ4n) is 3.94. The maximum atomic E-state index is 13.0. The van der Waals surface area contributed by atoms with Gasteiger partial charge in [0.15, 0.2) is 0 Å². The molecule has 1 fully saturated rings. The van der Waals surface area contributed by atoms with Gasteiger partial charge >= 0.3 is 5.97 Å². The number of hydrogen-bond donors (Lipinski definition) is 1. The second kappa shape index (κ2) is 9.11.